The van der Waals surface area contributed by atoms with Gasteiger partial charge >= 0.3 is 5.69 Å². The van der Waals surface area contributed by atoms with Crippen LogP contribution in [0.4, 0.5) is 5.69 Å². The van der Waals surface area contributed by atoms with Gasteiger partial charge in [0, 0.05) is 0 Å². The van der Waals surface area contributed by atoms with Crippen molar-refractivity contribution in [3.05, 3.63) is 51.3 Å². The summed E-state index contributed by atoms with van der Waals surface area (Å²) < 4.78 is 7.10. The Morgan fingerprint density at radius 3 is 2.57 bits per heavy atom. The fraction of sp³-hybridized carbons (Fsp3) is 0.286. The van der Waals surface area contributed by atoms with Crippen LogP contribution in [0.2, 0.25) is 0 Å². The molecule has 0 spiro atoms. The molecule has 0 saturated heterocycles. The molecular weight excluding hydrogens is 272 g/mol. The third-order valence-corrected chi connectivity index (χ3v) is 3.08. The van der Waals surface area contributed by atoms with Crippen molar-refractivity contribution in [2.24, 2.45) is 0 Å². The normalized spacial score (nSPS) is 10.1. The van der Waals surface area contributed by atoms with Gasteiger partial charge in [-0.15, -0.1) is 0 Å². The highest BCUT2D eigenvalue weighted by Gasteiger charge is 2.21. The third kappa shape index (κ3) is 3.17. The minimum atomic E-state index is -0.421. The molecule has 0 amide bonds. The molecule has 0 aliphatic heterocycles. The van der Waals surface area contributed by atoms with Gasteiger partial charge in [-0.3, -0.25) is 14.8 Å². The van der Waals surface area contributed by atoms with Crippen molar-refractivity contribution in [1.82, 2.24) is 9.78 Å². The molecule has 1 aromatic heterocycles. The summed E-state index contributed by atoms with van der Waals surface area (Å²) in [5.41, 5.74) is 1.53. The first-order valence-corrected chi connectivity index (χ1v) is 6.34. The van der Waals surface area contributed by atoms with Crippen molar-refractivity contribution in [3.8, 4) is 11.8 Å². The third-order valence-electron chi connectivity index (χ3n) is 3.08. The van der Waals surface area contributed by atoms with Crippen molar-refractivity contribution < 1.29 is 9.66 Å². The van der Waals surface area contributed by atoms with Gasteiger partial charge in [-0.1, -0.05) is 0 Å². The number of nitriles is 1. The van der Waals surface area contributed by atoms with Gasteiger partial charge in [-0.2, -0.15) is 10.4 Å². The molecule has 1 aromatic carbocycles. The van der Waals surface area contributed by atoms with Crippen LogP contribution in [0.5, 0.6) is 5.75 Å². The van der Waals surface area contributed by atoms with Crippen LogP contribution in [0.1, 0.15) is 17.0 Å². The lowest BCUT2D eigenvalue weighted by atomic mass is 10.2. The summed E-state index contributed by atoms with van der Waals surface area (Å²) in [5.74, 6) is 0.644. The van der Waals surface area contributed by atoms with Crippen LogP contribution >= 0.6 is 0 Å². The summed E-state index contributed by atoms with van der Waals surface area (Å²) in [4.78, 5) is 10.5. The van der Waals surface area contributed by atoms with Gasteiger partial charge < -0.3 is 4.74 Å². The Bertz CT molecular complexity index is 698. The van der Waals surface area contributed by atoms with Crippen LogP contribution in [0, 0.1) is 35.3 Å². The SMILES string of the molecule is Cc1nn(CCOc2ccc(C#N)cc2)c(C)c1[N+](=O)[O-]. The van der Waals surface area contributed by atoms with E-state index in [1.807, 2.05) is 6.07 Å². The van der Waals surface area contributed by atoms with E-state index in [1.165, 1.54) is 0 Å². The number of nitro groups is 1. The standard InChI is InChI=1S/C14H14N4O3/c1-10-14(18(19)20)11(2)17(16-10)7-8-21-13-5-3-12(9-15)4-6-13/h3-6H,7-8H2,1-2H3. The molecule has 0 bridgehead atoms. The van der Waals surface area contributed by atoms with Crippen LogP contribution in [0.3, 0.4) is 0 Å². The van der Waals surface area contributed by atoms with Crippen molar-refractivity contribution in [2.45, 2.75) is 20.4 Å². The van der Waals surface area contributed by atoms with Gasteiger partial charge in [0.15, 0.2) is 0 Å². The smallest absolute Gasteiger partial charge is 0.312 e. The van der Waals surface area contributed by atoms with Gasteiger partial charge in [-0.05, 0) is 38.1 Å². The predicted molar refractivity (Wildman–Crippen MR) is 75.0 cm³/mol. The van der Waals surface area contributed by atoms with Gasteiger partial charge in [0.05, 0.1) is 23.1 Å². The number of rotatable bonds is 5. The minimum absolute atomic E-state index is 0.0494. The van der Waals surface area contributed by atoms with Crippen LogP contribution < -0.4 is 4.74 Å². The second kappa shape index (κ2) is 6.05. The first-order valence-electron chi connectivity index (χ1n) is 6.34. The van der Waals surface area contributed by atoms with Crippen molar-refractivity contribution in [2.75, 3.05) is 6.61 Å². The molecule has 0 radical (unpaired) electrons. The van der Waals surface area contributed by atoms with Crippen molar-refractivity contribution in [1.29, 1.82) is 5.26 Å². The van der Waals surface area contributed by atoms with Crippen LogP contribution in [-0.2, 0) is 6.54 Å². The molecule has 7 nitrogen and oxygen atoms in total. The Morgan fingerprint density at radius 2 is 2.05 bits per heavy atom. The van der Waals surface area contributed by atoms with Crippen LogP contribution in [-0.4, -0.2) is 21.3 Å². The molecule has 7 heteroatoms. The number of aromatic nitrogens is 2. The monoisotopic (exact) mass is 286 g/mol. The maximum Gasteiger partial charge on any atom is 0.312 e. The summed E-state index contributed by atoms with van der Waals surface area (Å²) in [5, 5.41) is 23.7. The lowest BCUT2D eigenvalue weighted by Crippen LogP contribution is -2.11. The number of benzene rings is 1. The molecule has 1 heterocycles. The van der Waals surface area contributed by atoms with Gasteiger partial charge in [0.25, 0.3) is 0 Å². The van der Waals surface area contributed by atoms with Crippen LogP contribution in [0.25, 0.3) is 0 Å². The Balaban J connectivity index is 1.99. The number of nitrogens with zero attached hydrogens (tertiary/aromatic N) is 4. The van der Waals surface area contributed by atoms with Crippen molar-refractivity contribution in [3.63, 3.8) is 0 Å². The van der Waals surface area contributed by atoms with Crippen LogP contribution in [0.15, 0.2) is 24.3 Å². The highest BCUT2D eigenvalue weighted by atomic mass is 16.6. The first kappa shape index (κ1) is 14.5. The van der Waals surface area contributed by atoms with Crippen molar-refractivity contribution >= 4 is 5.69 Å². The zero-order valence-corrected chi connectivity index (χ0v) is 11.7. The maximum atomic E-state index is 10.9. The second-order valence-electron chi connectivity index (χ2n) is 4.48. The van der Waals surface area contributed by atoms with E-state index >= 15 is 0 Å². The van der Waals surface area contributed by atoms with Gasteiger partial charge in [0.1, 0.15) is 23.7 Å². The number of hydrogen-bond acceptors (Lipinski definition) is 5. The van der Waals surface area contributed by atoms with E-state index in [9.17, 15) is 10.1 Å². The Labute approximate surface area is 121 Å². The average molecular weight is 286 g/mol. The Kier molecular flexibility index (Phi) is 4.18. The Hall–Kier alpha value is -2.88. The van der Waals surface area contributed by atoms with E-state index < -0.39 is 4.92 Å². The van der Waals surface area contributed by atoms with E-state index in [2.05, 4.69) is 5.10 Å². The van der Waals surface area contributed by atoms with E-state index in [0.717, 1.165) is 0 Å². The largest absolute Gasteiger partial charge is 0.492 e. The molecule has 2 rings (SSSR count). The second-order valence-corrected chi connectivity index (χ2v) is 4.48. The summed E-state index contributed by atoms with van der Waals surface area (Å²) in [6.07, 6.45) is 0. The number of aryl methyl sites for hydroxylation is 1. The zero-order chi connectivity index (χ0) is 15.4. The summed E-state index contributed by atoms with van der Waals surface area (Å²) in [6, 6.07) is 8.79. The zero-order valence-electron chi connectivity index (χ0n) is 11.7. The first-order chi connectivity index (χ1) is 10.0. The molecular formula is C14H14N4O3. The fourth-order valence-corrected chi connectivity index (χ4v) is 2.05. The predicted octanol–water partition coefficient (Wildman–Crippen LogP) is 2.36. The van der Waals surface area contributed by atoms with E-state index in [4.69, 9.17) is 10.00 Å². The summed E-state index contributed by atoms with van der Waals surface area (Å²) in [6.45, 7) is 4.04. The summed E-state index contributed by atoms with van der Waals surface area (Å²) in [7, 11) is 0. The summed E-state index contributed by atoms with van der Waals surface area (Å²) >= 11 is 0. The topological polar surface area (TPSA) is 94.0 Å². The molecule has 21 heavy (non-hydrogen) atoms. The molecule has 0 aliphatic carbocycles. The average Bonchev–Trinajstić information content (AvgIpc) is 2.74. The minimum Gasteiger partial charge on any atom is -0.492 e. The molecule has 108 valence electrons. The highest BCUT2D eigenvalue weighted by molar-refractivity contribution is 5.39. The highest BCUT2D eigenvalue weighted by Crippen LogP contribution is 2.21. The maximum absolute atomic E-state index is 10.9. The van der Waals surface area contributed by atoms with Gasteiger partial charge in [0.2, 0.25) is 0 Å². The van der Waals surface area contributed by atoms with E-state index in [0.29, 0.717) is 35.9 Å². The molecule has 0 N–H and O–H groups in total. The molecule has 0 fully saturated rings. The Morgan fingerprint density at radius 1 is 1.38 bits per heavy atom. The molecule has 0 atom stereocenters. The number of ether oxygens (including phenoxy) is 1. The number of hydrogen-bond donors (Lipinski definition) is 0. The molecule has 2 aromatic rings. The van der Waals surface area contributed by atoms with E-state index in [1.54, 1.807) is 42.8 Å². The van der Waals surface area contributed by atoms with Gasteiger partial charge in [-0.25, -0.2) is 0 Å². The quantitative estimate of drug-likeness (QED) is 0.621. The lowest BCUT2D eigenvalue weighted by Gasteiger charge is -2.07. The molecule has 0 aliphatic rings. The van der Waals surface area contributed by atoms with E-state index in [-0.39, 0.29) is 5.69 Å². The molecule has 0 saturated carbocycles. The molecule has 0 unspecified atom stereocenters. The lowest BCUT2D eigenvalue weighted by molar-refractivity contribution is -0.386. The fourth-order valence-electron chi connectivity index (χ4n) is 2.05.